The van der Waals surface area contributed by atoms with Crippen molar-refractivity contribution in [3.05, 3.63) is 46.2 Å². The highest BCUT2D eigenvalue weighted by Gasteiger charge is 2.15. The minimum Gasteiger partial charge on any atom is -1.00 e. The van der Waals surface area contributed by atoms with Gasteiger partial charge in [0.25, 0.3) is 0 Å². The third-order valence-corrected chi connectivity index (χ3v) is 3.54. The molecule has 0 atom stereocenters. The van der Waals surface area contributed by atoms with E-state index in [9.17, 15) is 9.18 Å². The first-order chi connectivity index (χ1) is 10.1. The fraction of sp³-hybridized carbons (Fsp3) is 0.214. The Morgan fingerprint density at radius 2 is 2.14 bits per heavy atom. The van der Waals surface area contributed by atoms with Crippen molar-refractivity contribution in [1.29, 1.82) is 0 Å². The molecule has 0 aliphatic heterocycles. The van der Waals surface area contributed by atoms with Gasteiger partial charge in [0.15, 0.2) is 0 Å². The molecule has 0 bridgehead atoms. The molecule has 0 unspecified atom stereocenters. The highest BCUT2D eigenvalue weighted by atomic mass is 35.5. The number of nitrogens with zero attached hydrogens (tertiary/aromatic N) is 2. The fourth-order valence-electron chi connectivity index (χ4n) is 1.54. The summed E-state index contributed by atoms with van der Waals surface area (Å²) in [6, 6.07) is 5.93. The summed E-state index contributed by atoms with van der Waals surface area (Å²) in [4.78, 5) is 16.3. The van der Waals surface area contributed by atoms with E-state index in [-0.39, 0.29) is 24.2 Å². The van der Waals surface area contributed by atoms with Crippen molar-refractivity contribution in [1.82, 2.24) is 4.98 Å². The Morgan fingerprint density at radius 3 is 2.77 bits per heavy atom. The lowest BCUT2D eigenvalue weighted by Crippen LogP contribution is -3.00. The number of aryl methyl sites for hydroxylation is 1. The molecule has 1 aromatic heterocycles. The predicted molar refractivity (Wildman–Crippen MR) is 80.4 cm³/mol. The molecule has 0 fully saturated rings. The number of ether oxygens (including phenoxy) is 1. The number of aromatic nitrogens is 1. The lowest BCUT2D eigenvalue weighted by Gasteiger charge is -1.97. The Labute approximate surface area is 137 Å². The van der Waals surface area contributed by atoms with Gasteiger partial charge in [-0.25, -0.2) is 14.2 Å². The maximum Gasteiger partial charge on any atom is 0.350 e. The first kappa shape index (κ1) is 18.1. The lowest BCUT2D eigenvalue weighted by atomic mass is 10.2. The molecule has 22 heavy (non-hydrogen) atoms. The van der Waals surface area contributed by atoms with Crippen molar-refractivity contribution in [2.45, 2.75) is 13.8 Å². The Balaban J connectivity index is 0.00000242. The van der Waals surface area contributed by atoms with Gasteiger partial charge in [-0.05, 0) is 31.5 Å². The summed E-state index contributed by atoms with van der Waals surface area (Å²) in [7, 11) is 0. The van der Waals surface area contributed by atoms with E-state index < -0.39 is 0 Å². The molecule has 2 rings (SSSR count). The largest absolute Gasteiger partial charge is 1.00 e. The maximum atomic E-state index is 12.7. The van der Waals surface area contributed by atoms with E-state index >= 15 is 0 Å². The number of hydrazone groups is 1. The molecule has 0 saturated heterocycles. The Kier molecular flexibility index (Phi) is 6.94. The zero-order valence-electron chi connectivity index (χ0n) is 12.0. The van der Waals surface area contributed by atoms with E-state index in [1.165, 1.54) is 23.5 Å². The summed E-state index contributed by atoms with van der Waals surface area (Å²) in [6.45, 7) is 3.81. The highest BCUT2D eigenvalue weighted by molar-refractivity contribution is 7.17. The molecular weight excluding hydrogens is 329 g/mol. The number of carbonyl (C=O) groups excluding carboxylic acids is 1. The number of rotatable bonds is 5. The number of esters is 1. The van der Waals surface area contributed by atoms with Crippen molar-refractivity contribution in [3.63, 3.8) is 0 Å². The number of anilines is 1. The number of carbonyl (C=O) groups is 1. The predicted octanol–water partition coefficient (Wildman–Crippen LogP) is 0.217. The first-order valence-corrected chi connectivity index (χ1v) is 7.11. The summed E-state index contributed by atoms with van der Waals surface area (Å²) in [5, 5.41) is 4.49. The second-order valence-corrected chi connectivity index (χ2v) is 5.07. The third kappa shape index (κ3) is 4.78. The summed E-state index contributed by atoms with van der Waals surface area (Å²) < 4.78 is 17.7. The van der Waals surface area contributed by atoms with Crippen LogP contribution in [0.5, 0.6) is 0 Å². The standard InChI is InChI=1S/C14H14FN3O2S.ClH/c1-3-20-13(19)12-9(2)17-14(21-12)18-16-8-10-4-6-11(15)7-5-10;/h4-8H,3H2,1-2H3,(H,17,18);1H/p-1/b16-8+;. The maximum absolute atomic E-state index is 12.7. The van der Waals surface area contributed by atoms with Gasteiger partial charge in [0, 0.05) is 0 Å². The lowest BCUT2D eigenvalue weighted by molar-refractivity contribution is -0.0000233. The number of hydrogen-bond donors (Lipinski definition) is 1. The Morgan fingerprint density at radius 1 is 1.45 bits per heavy atom. The van der Waals surface area contributed by atoms with Gasteiger partial charge in [0.1, 0.15) is 10.7 Å². The molecule has 1 N–H and O–H groups in total. The van der Waals surface area contributed by atoms with Crippen LogP contribution in [-0.2, 0) is 4.74 Å². The van der Waals surface area contributed by atoms with Crippen LogP contribution in [0.15, 0.2) is 29.4 Å². The summed E-state index contributed by atoms with van der Waals surface area (Å²) in [5.41, 5.74) is 4.09. The van der Waals surface area contributed by atoms with Crippen molar-refractivity contribution in [3.8, 4) is 0 Å². The molecule has 0 spiro atoms. The second kappa shape index (κ2) is 8.45. The van der Waals surface area contributed by atoms with E-state index in [4.69, 9.17) is 4.74 Å². The third-order valence-electron chi connectivity index (χ3n) is 2.50. The number of halogens is 2. The van der Waals surface area contributed by atoms with E-state index in [0.717, 1.165) is 5.56 Å². The number of nitrogens with one attached hydrogen (secondary N) is 1. The van der Waals surface area contributed by atoms with Crippen LogP contribution in [0.25, 0.3) is 0 Å². The van der Waals surface area contributed by atoms with Gasteiger partial charge in [-0.1, -0.05) is 23.5 Å². The van der Waals surface area contributed by atoms with Crippen LogP contribution in [-0.4, -0.2) is 23.8 Å². The van der Waals surface area contributed by atoms with Crippen LogP contribution in [0.4, 0.5) is 9.52 Å². The van der Waals surface area contributed by atoms with Gasteiger partial charge in [-0.2, -0.15) is 5.10 Å². The van der Waals surface area contributed by atoms with E-state index in [1.54, 1.807) is 32.2 Å². The molecular formula is C14H14ClFN3O2S-. The first-order valence-electron chi connectivity index (χ1n) is 6.29. The van der Waals surface area contributed by atoms with Crippen LogP contribution >= 0.6 is 11.3 Å². The summed E-state index contributed by atoms with van der Waals surface area (Å²) in [6.07, 6.45) is 1.54. The van der Waals surface area contributed by atoms with Crippen molar-refractivity contribution in [2.24, 2.45) is 5.10 Å². The van der Waals surface area contributed by atoms with E-state index in [1.807, 2.05) is 0 Å². The molecule has 5 nitrogen and oxygen atoms in total. The van der Waals surface area contributed by atoms with Crippen LogP contribution < -0.4 is 17.8 Å². The van der Waals surface area contributed by atoms with Crippen LogP contribution in [0.1, 0.15) is 27.9 Å². The zero-order valence-corrected chi connectivity index (χ0v) is 13.5. The second-order valence-electron chi connectivity index (χ2n) is 4.08. The average Bonchev–Trinajstić information content (AvgIpc) is 2.82. The normalized spacial score (nSPS) is 10.3. The zero-order chi connectivity index (χ0) is 15.2. The molecule has 0 radical (unpaired) electrons. The molecule has 1 heterocycles. The topological polar surface area (TPSA) is 63.6 Å². The minimum absolute atomic E-state index is 0. The number of hydrogen-bond acceptors (Lipinski definition) is 6. The number of thiazole rings is 1. The monoisotopic (exact) mass is 342 g/mol. The Bertz CT molecular complexity index is 659. The van der Waals surface area contributed by atoms with Crippen molar-refractivity contribution in [2.75, 3.05) is 12.0 Å². The molecule has 0 aliphatic carbocycles. The quantitative estimate of drug-likeness (QED) is 0.479. The minimum atomic E-state index is -0.386. The van der Waals surface area contributed by atoms with E-state index in [2.05, 4.69) is 15.5 Å². The highest BCUT2D eigenvalue weighted by Crippen LogP contribution is 2.23. The van der Waals surface area contributed by atoms with Crippen LogP contribution in [0.2, 0.25) is 0 Å². The van der Waals surface area contributed by atoms with Gasteiger partial charge in [0.2, 0.25) is 5.13 Å². The molecule has 118 valence electrons. The van der Waals surface area contributed by atoms with Gasteiger partial charge >= 0.3 is 5.97 Å². The smallest absolute Gasteiger partial charge is 0.350 e. The molecule has 0 aliphatic rings. The van der Waals surface area contributed by atoms with Gasteiger partial charge in [-0.3, -0.25) is 5.43 Å². The number of benzene rings is 1. The molecule has 1 aromatic carbocycles. The van der Waals surface area contributed by atoms with E-state index in [0.29, 0.717) is 22.3 Å². The molecule has 8 heteroatoms. The summed E-state index contributed by atoms with van der Waals surface area (Å²) in [5.74, 6) is -0.683. The molecule has 2 aromatic rings. The van der Waals surface area contributed by atoms with Crippen LogP contribution in [0, 0.1) is 12.7 Å². The van der Waals surface area contributed by atoms with Gasteiger partial charge < -0.3 is 17.1 Å². The molecule has 0 saturated carbocycles. The van der Waals surface area contributed by atoms with Crippen molar-refractivity contribution >= 4 is 28.7 Å². The van der Waals surface area contributed by atoms with Gasteiger partial charge in [-0.15, -0.1) is 0 Å². The molecule has 0 amide bonds. The SMILES string of the molecule is CCOC(=O)c1sc(N/N=C/c2ccc(F)cc2)nc1C.[Cl-]. The van der Waals surface area contributed by atoms with Gasteiger partial charge in [0.05, 0.1) is 18.5 Å². The average molecular weight is 343 g/mol. The summed E-state index contributed by atoms with van der Waals surface area (Å²) >= 11 is 1.17. The Hall–Kier alpha value is -1.99. The van der Waals surface area contributed by atoms with Crippen LogP contribution in [0.3, 0.4) is 0 Å². The van der Waals surface area contributed by atoms with Crippen molar-refractivity contribution < 1.29 is 26.3 Å². The fourth-order valence-corrected chi connectivity index (χ4v) is 2.35.